The van der Waals surface area contributed by atoms with Crippen LogP contribution in [0.4, 0.5) is 0 Å². The molecule has 1 aliphatic carbocycles. The van der Waals surface area contributed by atoms with E-state index in [0.29, 0.717) is 5.56 Å². The third-order valence-electron chi connectivity index (χ3n) is 5.40. The molecule has 0 radical (unpaired) electrons. The number of hydrogen-bond acceptors (Lipinski definition) is 2. The van der Waals surface area contributed by atoms with Crippen LogP contribution in [0.3, 0.4) is 0 Å². The van der Waals surface area contributed by atoms with Crippen molar-refractivity contribution in [2.45, 2.75) is 31.3 Å². The van der Waals surface area contributed by atoms with Crippen LogP contribution in [0.15, 0.2) is 84.9 Å². The second kappa shape index (κ2) is 8.74. The molecule has 0 spiro atoms. The number of aryl methyl sites for hydroxylation is 1. The zero-order chi connectivity index (χ0) is 20.1. The van der Waals surface area contributed by atoms with Gasteiger partial charge in [0.1, 0.15) is 0 Å². The number of fused-ring (bicyclic) bond motifs is 1. The van der Waals surface area contributed by atoms with Gasteiger partial charge in [0, 0.05) is 5.56 Å². The minimum Gasteiger partial charge on any atom is -0.349 e. The Labute approximate surface area is 171 Å². The average Bonchev–Trinajstić information content (AvgIpc) is 3.17. The molecule has 4 heteroatoms. The van der Waals surface area contributed by atoms with Crippen molar-refractivity contribution in [3.8, 4) is 0 Å². The maximum absolute atomic E-state index is 12.8. The first-order valence-corrected chi connectivity index (χ1v) is 9.99. The van der Waals surface area contributed by atoms with Crippen LogP contribution in [-0.2, 0) is 11.2 Å². The molecule has 3 aromatic rings. The molecule has 2 N–H and O–H groups in total. The van der Waals surface area contributed by atoms with Crippen LogP contribution in [0.25, 0.3) is 0 Å². The van der Waals surface area contributed by atoms with Gasteiger partial charge in [-0.05, 0) is 41.7 Å². The molecule has 0 saturated carbocycles. The Balaban J connectivity index is 1.47. The molecule has 0 unspecified atom stereocenters. The molecule has 29 heavy (non-hydrogen) atoms. The predicted octanol–water partition coefficient (Wildman–Crippen LogP) is 4.35. The van der Waals surface area contributed by atoms with Crippen molar-refractivity contribution in [1.29, 1.82) is 0 Å². The highest BCUT2D eigenvalue weighted by molar-refractivity contribution is 5.94. The lowest BCUT2D eigenvalue weighted by Gasteiger charge is -2.21. The summed E-state index contributed by atoms with van der Waals surface area (Å²) in [5.74, 6) is -0.243. The van der Waals surface area contributed by atoms with Crippen LogP contribution >= 0.6 is 0 Å². The molecule has 2 atom stereocenters. The van der Waals surface area contributed by atoms with Gasteiger partial charge in [0.05, 0.1) is 18.5 Å². The Morgan fingerprint density at radius 2 is 1.52 bits per heavy atom. The fourth-order valence-electron chi connectivity index (χ4n) is 3.91. The highest BCUT2D eigenvalue weighted by atomic mass is 16.2. The number of hydrogen-bond donors (Lipinski definition) is 2. The minimum absolute atomic E-state index is 0.0416. The lowest BCUT2D eigenvalue weighted by molar-refractivity contribution is -0.122. The average molecular weight is 384 g/mol. The van der Waals surface area contributed by atoms with Crippen LogP contribution in [0.1, 0.15) is 52.0 Å². The van der Waals surface area contributed by atoms with Crippen molar-refractivity contribution < 1.29 is 9.59 Å². The zero-order valence-corrected chi connectivity index (χ0v) is 16.2. The highest BCUT2D eigenvalue weighted by Gasteiger charge is 2.25. The molecular weight excluding hydrogens is 360 g/mol. The van der Waals surface area contributed by atoms with E-state index >= 15 is 0 Å². The predicted molar refractivity (Wildman–Crippen MR) is 113 cm³/mol. The normalized spacial score (nSPS) is 15.9. The topological polar surface area (TPSA) is 58.2 Å². The number of carbonyl (C=O) groups is 2. The molecular formula is C25H24N2O2. The van der Waals surface area contributed by atoms with Gasteiger partial charge in [-0.1, -0.05) is 72.8 Å². The van der Waals surface area contributed by atoms with E-state index in [-0.39, 0.29) is 30.3 Å². The molecule has 2 amide bonds. The summed E-state index contributed by atoms with van der Waals surface area (Å²) in [6.45, 7) is 0. The SMILES string of the molecule is O=C(C[C@@H](NC(=O)c1ccccc1)c1ccccc1)N[C@@H]1CCc2ccccc21. The first-order chi connectivity index (χ1) is 14.2. The Morgan fingerprint density at radius 1 is 0.862 bits per heavy atom. The van der Waals surface area contributed by atoms with Crippen molar-refractivity contribution >= 4 is 11.8 Å². The standard InChI is InChI=1S/C25H24N2O2/c28-24(26-22-16-15-18-9-7-8-14-21(18)22)17-23(19-10-3-1-4-11-19)27-25(29)20-12-5-2-6-13-20/h1-14,22-23H,15-17H2,(H,26,28)(H,27,29)/t22-,23-/m1/s1. The van der Waals surface area contributed by atoms with E-state index in [4.69, 9.17) is 0 Å². The number of amides is 2. The molecule has 0 aliphatic heterocycles. The molecule has 1 aliphatic rings. The van der Waals surface area contributed by atoms with E-state index in [2.05, 4.69) is 22.8 Å². The second-order valence-corrected chi connectivity index (χ2v) is 7.36. The van der Waals surface area contributed by atoms with Gasteiger partial charge in [-0.3, -0.25) is 9.59 Å². The fraction of sp³-hybridized carbons (Fsp3) is 0.200. The fourth-order valence-corrected chi connectivity index (χ4v) is 3.91. The van der Waals surface area contributed by atoms with E-state index in [1.54, 1.807) is 12.1 Å². The maximum atomic E-state index is 12.8. The summed E-state index contributed by atoms with van der Waals surface area (Å²) in [5.41, 5.74) is 4.00. The number of nitrogens with one attached hydrogen (secondary N) is 2. The van der Waals surface area contributed by atoms with Gasteiger partial charge >= 0.3 is 0 Å². The zero-order valence-electron chi connectivity index (χ0n) is 16.2. The van der Waals surface area contributed by atoms with Gasteiger partial charge in [0.25, 0.3) is 5.91 Å². The van der Waals surface area contributed by atoms with Gasteiger partial charge < -0.3 is 10.6 Å². The Hall–Kier alpha value is -3.40. The molecule has 0 heterocycles. The number of benzene rings is 3. The van der Waals surface area contributed by atoms with E-state index in [1.807, 2.05) is 60.7 Å². The Morgan fingerprint density at radius 3 is 2.28 bits per heavy atom. The largest absolute Gasteiger partial charge is 0.349 e. The van der Waals surface area contributed by atoms with Crippen LogP contribution in [0, 0.1) is 0 Å². The summed E-state index contributed by atoms with van der Waals surface area (Å²) in [6.07, 6.45) is 2.09. The third-order valence-corrected chi connectivity index (χ3v) is 5.40. The molecule has 4 nitrogen and oxygen atoms in total. The summed E-state index contributed by atoms with van der Waals surface area (Å²) in [5, 5.41) is 6.18. The summed E-state index contributed by atoms with van der Waals surface area (Å²) < 4.78 is 0. The molecule has 3 aromatic carbocycles. The lowest BCUT2D eigenvalue weighted by atomic mass is 10.0. The second-order valence-electron chi connectivity index (χ2n) is 7.36. The van der Waals surface area contributed by atoms with Crippen molar-refractivity contribution in [3.05, 3.63) is 107 Å². The van der Waals surface area contributed by atoms with Crippen LogP contribution in [0.5, 0.6) is 0 Å². The van der Waals surface area contributed by atoms with E-state index in [0.717, 1.165) is 18.4 Å². The Bertz CT molecular complexity index is 986. The van der Waals surface area contributed by atoms with Gasteiger partial charge in [-0.2, -0.15) is 0 Å². The van der Waals surface area contributed by atoms with Gasteiger partial charge in [0.15, 0.2) is 0 Å². The van der Waals surface area contributed by atoms with Crippen molar-refractivity contribution in [2.24, 2.45) is 0 Å². The monoisotopic (exact) mass is 384 g/mol. The lowest BCUT2D eigenvalue weighted by Crippen LogP contribution is -2.34. The Kier molecular flexibility index (Phi) is 5.71. The smallest absolute Gasteiger partial charge is 0.251 e. The third kappa shape index (κ3) is 4.54. The van der Waals surface area contributed by atoms with Gasteiger partial charge in [-0.25, -0.2) is 0 Å². The van der Waals surface area contributed by atoms with Crippen molar-refractivity contribution in [1.82, 2.24) is 10.6 Å². The molecule has 146 valence electrons. The van der Waals surface area contributed by atoms with Gasteiger partial charge in [-0.15, -0.1) is 0 Å². The molecule has 0 aromatic heterocycles. The highest BCUT2D eigenvalue weighted by Crippen LogP contribution is 2.31. The molecule has 0 bridgehead atoms. The van der Waals surface area contributed by atoms with E-state index < -0.39 is 0 Å². The van der Waals surface area contributed by atoms with Crippen molar-refractivity contribution in [3.63, 3.8) is 0 Å². The summed E-state index contributed by atoms with van der Waals surface area (Å²) in [6, 6.07) is 26.6. The van der Waals surface area contributed by atoms with E-state index in [9.17, 15) is 9.59 Å². The summed E-state index contributed by atoms with van der Waals surface area (Å²) in [7, 11) is 0. The maximum Gasteiger partial charge on any atom is 0.251 e. The number of carbonyl (C=O) groups excluding carboxylic acids is 2. The first-order valence-electron chi connectivity index (χ1n) is 9.99. The molecule has 0 fully saturated rings. The summed E-state index contributed by atoms with van der Waals surface area (Å²) >= 11 is 0. The van der Waals surface area contributed by atoms with Crippen LogP contribution < -0.4 is 10.6 Å². The first kappa shape index (κ1) is 18.9. The van der Waals surface area contributed by atoms with Crippen LogP contribution in [0.2, 0.25) is 0 Å². The minimum atomic E-state index is -0.388. The quantitative estimate of drug-likeness (QED) is 0.664. The number of rotatable bonds is 6. The molecule has 4 rings (SSSR count). The molecule has 0 saturated heterocycles. The van der Waals surface area contributed by atoms with Crippen molar-refractivity contribution in [2.75, 3.05) is 0 Å². The van der Waals surface area contributed by atoms with E-state index in [1.165, 1.54) is 11.1 Å². The van der Waals surface area contributed by atoms with Gasteiger partial charge in [0.2, 0.25) is 5.91 Å². The van der Waals surface area contributed by atoms with Crippen LogP contribution in [-0.4, -0.2) is 11.8 Å². The summed E-state index contributed by atoms with van der Waals surface area (Å²) in [4.78, 5) is 25.5.